The summed E-state index contributed by atoms with van der Waals surface area (Å²) in [5, 5.41) is 5.51. The van der Waals surface area contributed by atoms with Crippen LogP contribution in [0.1, 0.15) is 30.9 Å². The summed E-state index contributed by atoms with van der Waals surface area (Å²) < 4.78 is 28.7. The minimum absolute atomic E-state index is 0.0433. The number of aryl methyl sites for hydroxylation is 1. The van der Waals surface area contributed by atoms with Gasteiger partial charge in [-0.2, -0.15) is 8.42 Å². The second kappa shape index (κ2) is 8.72. The predicted octanol–water partition coefficient (Wildman–Crippen LogP) is 4.17. The molecule has 3 aromatic rings. The molecule has 33 heavy (non-hydrogen) atoms. The molecule has 1 N–H and O–H groups in total. The zero-order valence-electron chi connectivity index (χ0n) is 18.2. The quantitative estimate of drug-likeness (QED) is 0.605. The first-order chi connectivity index (χ1) is 15.9. The summed E-state index contributed by atoms with van der Waals surface area (Å²) in [6.45, 7) is 3.28. The van der Waals surface area contributed by atoms with E-state index in [2.05, 4.69) is 45.9 Å². The minimum atomic E-state index is -3.64. The molecule has 0 bridgehead atoms. The highest BCUT2D eigenvalue weighted by Gasteiger charge is 2.34. The highest BCUT2D eigenvalue weighted by Crippen LogP contribution is 2.31. The number of likely N-dealkylation sites (tertiary alicyclic amines) is 1. The van der Waals surface area contributed by atoms with Crippen molar-refractivity contribution in [3.8, 4) is 11.3 Å². The van der Waals surface area contributed by atoms with Gasteiger partial charge in [-0.1, -0.05) is 43.3 Å². The SMILES string of the molecule is CCc1ccc(-c2csc(NC(=O)C3CCN(C4=NS(=O)(=O)c5ccccc54)CC3)n2)cc1. The number of carbonyl (C=O) groups excluding carboxylic acids is 1. The second-order valence-electron chi connectivity index (χ2n) is 8.23. The van der Waals surface area contributed by atoms with Crippen molar-refractivity contribution in [2.45, 2.75) is 31.1 Å². The normalized spacial score (nSPS) is 17.5. The molecule has 9 heteroatoms. The largest absolute Gasteiger partial charge is 0.355 e. The highest BCUT2D eigenvalue weighted by molar-refractivity contribution is 7.90. The van der Waals surface area contributed by atoms with E-state index in [0.29, 0.717) is 42.5 Å². The Balaban J connectivity index is 1.21. The maximum absolute atomic E-state index is 12.8. The number of amides is 1. The maximum Gasteiger partial charge on any atom is 0.285 e. The lowest BCUT2D eigenvalue weighted by atomic mass is 9.95. The number of piperidine rings is 1. The zero-order chi connectivity index (χ0) is 23.0. The van der Waals surface area contributed by atoms with Crippen LogP contribution < -0.4 is 5.32 Å². The summed E-state index contributed by atoms with van der Waals surface area (Å²) in [7, 11) is -3.64. The molecule has 170 valence electrons. The number of sulfonamides is 1. The molecule has 5 rings (SSSR count). The molecule has 0 unspecified atom stereocenters. The van der Waals surface area contributed by atoms with E-state index in [1.807, 2.05) is 16.3 Å². The van der Waals surface area contributed by atoms with Crippen molar-refractivity contribution in [3.63, 3.8) is 0 Å². The van der Waals surface area contributed by atoms with Gasteiger partial charge in [-0.05, 0) is 37.0 Å². The van der Waals surface area contributed by atoms with Gasteiger partial charge in [-0.3, -0.25) is 4.79 Å². The fraction of sp³-hybridized carbons (Fsp3) is 0.292. The Kier molecular flexibility index (Phi) is 5.76. The van der Waals surface area contributed by atoms with E-state index in [1.165, 1.54) is 16.9 Å². The Bertz CT molecular complexity index is 1320. The van der Waals surface area contributed by atoms with Crippen molar-refractivity contribution in [2.75, 3.05) is 18.4 Å². The van der Waals surface area contributed by atoms with Crippen molar-refractivity contribution in [2.24, 2.45) is 10.3 Å². The molecule has 2 aliphatic heterocycles. The predicted molar refractivity (Wildman–Crippen MR) is 130 cm³/mol. The molecular formula is C24H24N4O3S2. The van der Waals surface area contributed by atoms with Crippen LogP contribution in [0.25, 0.3) is 11.3 Å². The zero-order valence-corrected chi connectivity index (χ0v) is 19.8. The van der Waals surface area contributed by atoms with E-state index in [1.54, 1.807) is 18.2 Å². The van der Waals surface area contributed by atoms with Gasteiger partial charge in [0.05, 0.1) is 5.69 Å². The van der Waals surface area contributed by atoms with Gasteiger partial charge >= 0.3 is 0 Å². The van der Waals surface area contributed by atoms with Gasteiger partial charge in [0.2, 0.25) is 5.91 Å². The van der Waals surface area contributed by atoms with Crippen LogP contribution in [0, 0.1) is 5.92 Å². The number of hydrogen-bond acceptors (Lipinski definition) is 6. The highest BCUT2D eigenvalue weighted by atomic mass is 32.2. The number of rotatable bonds is 4. The molecule has 7 nitrogen and oxygen atoms in total. The van der Waals surface area contributed by atoms with Crippen LogP contribution in [0.15, 0.2) is 63.2 Å². The van der Waals surface area contributed by atoms with Gasteiger partial charge in [-0.15, -0.1) is 15.7 Å². The number of nitrogens with one attached hydrogen (secondary N) is 1. The van der Waals surface area contributed by atoms with Crippen molar-refractivity contribution in [1.29, 1.82) is 0 Å². The molecule has 0 aliphatic carbocycles. The summed E-state index contributed by atoms with van der Waals surface area (Å²) in [4.78, 5) is 19.6. The lowest BCUT2D eigenvalue weighted by Gasteiger charge is -2.32. The van der Waals surface area contributed by atoms with Crippen LogP contribution in [-0.4, -0.2) is 43.1 Å². The third-order valence-electron chi connectivity index (χ3n) is 6.17. The van der Waals surface area contributed by atoms with Crippen molar-refractivity contribution in [1.82, 2.24) is 9.88 Å². The number of thiazole rings is 1. The molecule has 2 aliphatic rings. The number of nitrogens with zero attached hydrogens (tertiary/aromatic N) is 3. The average molecular weight is 481 g/mol. The number of carbonyl (C=O) groups is 1. The number of anilines is 1. The van der Waals surface area contributed by atoms with Gasteiger partial charge < -0.3 is 10.2 Å². The third kappa shape index (κ3) is 4.30. The van der Waals surface area contributed by atoms with Gasteiger partial charge in [0.1, 0.15) is 4.90 Å². The van der Waals surface area contributed by atoms with Crippen molar-refractivity contribution >= 4 is 38.2 Å². The summed E-state index contributed by atoms with van der Waals surface area (Å²) in [6.07, 6.45) is 2.25. The molecule has 0 saturated carbocycles. The molecule has 0 spiro atoms. The summed E-state index contributed by atoms with van der Waals surface area (Å²) >= 11 is 1.42. The topological polar surface area (TPSA) is 91.7 Å². The lowest BCUT2D eigenvalue weighted by Crippen LogP contribution is -2.41. The van der Waals surface area contributed by atoms with E-state index in [0.717, 1.165) is 17.7 Å². The van der Waals surface area contributed by atoms with E-state index in [-0.39, 0.29) is 16.7 Å². The molecule has 0 atom stereocenters. The first-order valence-corrected chi connectivity index (χ1v) is 13.3. The Morgan fingerprint density at radius 1 is 1.12 bits per heavy atom. The molecular weight excluding hydrogens is 456 g/mol. The Labute approximate surface area is 197 Å². The van der Waals surface area contributed by atoms with Crippen LogP contribution in [0.5, 0.6) is 0 Å². The van der Waals surface area contributed by atoms with E-state index in [4.69, 9.17) is 0 Å². The van der Waals surface area contributed by atoms with Crippen LogP contribution in [0.4, 0.5) is 5.13 Å². The minimum Gasteiger partial charge on any atom is -0.355 e. The molecule has 2 aromatic carbocycles. The second-order valence-corrected chi connectivity index (χ2v) is 10.7. The van der Waals surface area contributed by atoms with Gasteiger partial charge in [0.25, 0.3) is 10.0 Å². The number of aromatic nitrogens is 1. The summed E-state index contributed by atoms with van der Waals surface area (Å²) in [5.74, 6) is 0.299. The standard InChI is InChI=1S/C24H24N4O3S2/c1-2-16-7-9-17(10-8-16)20-15-32-24(25-20)26-23(29)18-11-13-28(14-12-18)22-19-5-3-4-6-21(19)33(30,31)27-22/h3-10,15,18H,2,11-14H2,1H3,(H,25,26,29). The molecule has 1 saturated heterocycles. The van der Waals surface area contributed by atoms with Crippen LogP contribution in [0.3, 0.4) is 0 Å². The third-order valence-corrected chi connectivity index (χ3v) is 8.25. The van der Waals surface area contributed by atoms with E-state index >= 15 is 0 Å². The van der Waals surface area contributed by atoms with E-state index < -0.39 is 10.0 Å². The first-order valence-electron chi connectivity index (χ1n) is 11.0. The molecule has 1 amide bonds. The molecule has 3 heterocycles. The van der Waals surface area contributed by atoms with Crippen LogP contribution >= 0.6 is 11.3 Å². The number of benzene rings is 2. The summed E-state index contributed by atoms with van der Waals surface area (Å²) in [5.41, 5.74) is 3.80. The maximum atomic E-state index is 12.8. The van der Waals surface area contributed by atoms with E-state index in [9.17, 15) is 13.2 Å². The monoisotopic (exact) mass is 480 g/mol. The smallest absolute Gasteiger partial charge is 0.285 e. The fourth-order valence-electron chi connectivity index (χ4n) is 4.25. The Morgan fingerprint density at radius 2 is 1.85 bits per heavy atom. The molecule has 0 radical (unpaired) electrons. The van der Waals surface area contributed by atoms with Gasteiger partial charge in [-0.25, -0.2) is 4.98 Å². The molecule has 1 fully saturated rings. The van der Waals surface area contributed by atoms with Gasteiger partial charge in [0, 0.05) is 35.5 Å². The fourth-order valence-corrected chi connectivity index (χ4v) is 6.20. The number of fused-ring (bicyclic) bond motifs is 1. The van der Waals surface area contributed by atoms with Crippen molar-refractivity contribution < 1.29 is 13.2 Å². The van der Waals surface area contributed by atoms with Crippen LogP contribution in [-0.2, 0) is 21.2 Å². The average Bonchev–Trinajstić information content (AvgIpc) is 3.41. The van der Waals surface area contributed by atoms with Gasteiger partial charge in [0.15, 0.2) is 11.0 Å². The van der Waals surface area contributed by atoms with Crippen molar-refractivity contribution in [3.05, 3.63) is 65.0 Å². The Morgan fingerprint density at radius 3 is 2.58 bits per heavy atom. The first kappa shape index (κ1) is 21.8. The van der Waals surface area contributed by atoms with Crippen LogP contribution in [0.2, 0.25) is 0 Å². The lowest BCUT2D eigenvalue weighted by molar-refractivity contribution is -0.120. The Hall–Kier alpha value is -3.04. The number of hydrogen-bond donors (Lipinski definition) is 1. The number of amidine groups is 1. The summed E-state index contributed by atoms with van der Waals surface area (Å²) in [6, 6.07) is 15.2. The molecule has 1 aromatic heterocycles.